The molecule has 0 fully saturated rings. The summed E-state index contributed by atoms with van der Waals surface area (Å²) in [7, 11) is 1.79. The van der Waals surface area contributed by atoms with Crippen LogP contribution in [0, 0.1) is 0 Å². The summed E-state index contributed by atoms with van der Waals surface area (Å²) in [5.41, 5.74) is 7.70. The molecule has 3 aromatic rings. The Kier molecular flexibility index (Phi) is 7.15. The van der Waals surface area contributed by atoms with Crippen LogP contribution in [0.1, 0.15) is 41.9 Å². The number of hydrogen-bond donors (Lipinski definition) is 3. The van der Waals surface area contributed by atoms with Crippen molar-refractivity contribution in [2.75, 3.05) is 5.32 Å². The Hall–Kier alpha value is -3.52. The van der Waals surface area contributed by atoms with Gasteiger partial charge in [0.15, 0.2) is 16.6 Å². The molecule has 0 saturated carbocycles. The normalized spacial score (nSPS) is 11.3. The summed E-state index contributed by atoms with van der Waals surface area (Å²) in [6.45, 7) is 3.89. The first-order valence-electron chi connectivity index (χ1n) is 9.95. The van der Waals surface area contributed by atoms with Crippen molar-refractivity contribution in [2.45, 2.75) is 26.7 Å². The Labute approximate surface area is 186 Å². The van der Waals surface area contributed by atoms with E-state index in [1.54, 1.807) is 42.9 Å². The highest BCUT2D eigenvalue weighted by Crippen LogP contribution is 2.32. The van der Waals surface area contributed by atoms with Gasteiger partial charge in [0.2, 0.25) is 0 Å². The molecule has 7 nitrogen and oxygen atoms in total. The quantitative estimate of drug-likeness (QED) is 0.222. The minimum absolute atomic E-state index is 0.0668. The van der Waals surface area contributed by atoms with E-state index in [9.17, 15) is 9.90 Å². The van der Waals surface area contributed by atoms with Gasteiger partial charge in [0.1, 0.15) is 12.0 Å². The van der Waals surface area contributed by atoms with Gasteiger partial charge in [0.05, 0.1) is 5.71 Å². The lowest BCUT2D eigenvalue weighted by atomic mass is 10.0. The third kappa shape index (κ3) is 5.35. The molecule has 0 unspecified atom stereocenters. The Morgan fingerprint density at radius 1 is 1.19 bits per heavy atom. The Morgan fingerprint density at radius 3 is 2.48 bits per heavy atom. The maximum absolute atomic E-state index is 10.8. The number of hydrogen-bond acceptors (Lipinski definition) is 5. The minimum atomic E-state index is 0.0668. The average molecular weight is 436 g/mol. The first kappa shape index (κ1) is 22.2. The number of aldehydes is 1. The molecule has 0 bridgehead atoms. The zero-order valence-corrected chi connectivity index (χ0v) is 18.5. The maximum Gasteiger partial charge on any atom is 0.191 e. The van der Waals surface area contributed by atoms with E-state index < -0.39 is 0 Å². The molecule has 0 atom stereocenters. The zero-order valence-electron chi connectivity index (χ0n) is 17.7. The van der Waals surface area contributed by atoms with Crippen molar-refractivity contribution >= 4 is 35.0 Å². The second-order valence-electron chi connectivity index (χ2n) is 7.12. The zero-order chi connectivity index (χ0) is 22.4. The molecule has 0 aliphatic carbocycles. The summed E-state index contributed by atoms with van der Waals surface area (Å²) in [6, 6.07) is 15.0. The van der Waals surface area contributed by atoms with Crippen LogP contribution >= 0.6 is 12.2 Å². The van der Waals surface area contributed by atoms with Gasteiger partial charge in [-0.15, -0.1) is 0 Å². The van der Waals surface area contributed by atoms with E-state index in [4.69, 9.17) is 12.2 Å². The fourth-order valence-corrected chi connectivity index (χ4v) is 3.35. The van der Waals surface area contributed by atoms with Crippen LogP contribution in [0.4, 0.5) is 5.69 Å². The van der Waals surface area contributed by atoms with Crippen LogP contribution in [0.15, 0.2) is 53.6 Å². The van der Waals surface area contributed by atoms with Gasteiger partial charge in [-0.3, -0.25) is 14.9 Å². The van der Waals surface area contributed by atoms with E-state index in [-0.39, 0.29) is 10.9 Å². The molecular formula is C23H25N5O2S. The third-order valence-corrected chi connectivity index (χ3v) is 4.95. The van der Waals surface area contributed by atoms with Crippen LogP contribution in [0.2, 0.25) is 0 Å². The molecule has 3 rings (SSSR count). The summed E-state index contributed by atoms with van der Waals surface area (Å²) >= 11 is 5.25. The summed E-state index contributed by atoms with van der Waals surface area (Å²) in [4.78, 5) is 10.7. The van der Waals surface area contributed by atoms with E-state index in [1.165, 1.54) is 5.56 Å². The van der Waals surface area contributed by atoms with Crippen molar-refractivity contribution in [2.24, 2.45) is 12.1 Å². The fraction of sp³-hybridized carbons (Fsp3) is 0.217. The summed E-state index contributed by atoms with van der Waals surface area (Å²) in [5, 5.41) is 22.7. The first-order chi connectivity index (χ1) is 14.9. The number of anilines is 1. The molecule has 0 aliphatic rings. The van der Waals surface area contributed by atoms with E-state index in [2.05, 4.69) is 40.0 Å². The second kappa shape index (κ2) is 9.99. The van der Waals surface area contributed by atoms with Crippen molar-refractivity contribution in [3.63, 3.8) is 0 Å². The number of aromatic nitrogens is 2. The van der Waals surface area contributed by atoms with E-state index >= 15 is 0 Å². The maximum atomic E-state index is 10.8. The number of hydrazone groups is 1. The van der Waals surface area contributed by atoms with E-state index in [1.807, 2.05) is 12.1 Å². The lowest BCUT2D eigenvalue weighted by Gasteiger charge is -2.07. The van der Waals surface area contributed by atoms with E-state index in [0.717, 1.165) is 30.4 Å². The number of carbonyl (C=O) groups is 1. The summed E-state index contributed by atoms with van der Waals surface area (Å²) in [5.74, 6) is 0.0668. The topological polar surface area (TPSA) is 91.5 Å². The van der Waals surface area contributed by atoms with Gasteiger partial charge in [-0.2, -0.15) is 10.2 Å². The third-order valence-electron chi connectivity index (χ3n) is 4.76. The fourth-order valence-electron chi connectivity index (χ4n) is 3.19. The van der Waals surface area contributed by atoms with Crippen LogP contribution < -0.4 is 10.7 Å². The molecule has 0 radical (unpaired) electrons. The molecular weight excluding hydrogens is 410 g/mol. The summed E-state index contributed by atoms with van der Waals surface area (Å²) in [6.07, 6.45) is 2.89. The lowest BCUT2D eigenvalue weighted by Crippen LogP contribution is -2.25. The van der Waals surface area contributed by atoms with Gasteiger partial charge in [0.25, 0.3) is 0 Å². The molecule has 31 heavy (non-hydrogen) atoms. The molecule has 0 aliphatic heterocycles. The molecule has 8 heteroatoms. The lowest BCUT2D eigenvalue weighted by molar-refractivity contribution is 0.112. The standard InChI is InChI=1S/C23H25N5O2S/c1-4-5-16-6-10-18(11-7-16)21-22(30)20(27-28(21)3)15(2)25-26-23(31)24-19-12-8-17(14-29)9-13-19/h6-14,30H,4-5H2,1-3H3,(H2,24,26,31)/b25-15+. The number of aryl methyl sites for hydroxylation is 2. The smallest absolute Gasteiger partial charge is 0.191 e. The monoisotopic (exact) mass is 435 g/mol. The molecule has 3 N–H and O–H groups in total. The predicted octanol–water partition coefficient (Wildman–Crippen LogP) is 4.27. The number of carbonyl (C=O) groups excluding carboxylic acids is 1. The van der Waals surface area contributed by atoms with Crippen LogP contribution in [-0.2, 0) is 13.5 Å². The molecule has 1 aromatic heterocycles. The molecule has 1 heterocycles. The number of thiocarbonyl (C=S) groups is 1. The van der Waals surface area contributed by atoms with Crippen molar-refractivity contribution in [3.8, 4) is 17.0 Å². The number of aromatic hydroxyl groups is 1. The van der Waals surface area contributed by atoms with Gasteiger partial charge in [-0.25, -0.2) is 0 Å². The van der Waals surface area contributed by atoms with Crippen LogP contribution in [0.3, 0.4) is 0 Å². The molecule has 2 aromatic carbocycles. The highest BCUT2D eigenvalue weighted by atomic mass is 32.1. The number of benzene rings is 2. The molecule has 0 spiro atoms. The van der Waals surface area contributed by atoms with Gasteiger partial charge in [-0.1, -0.05) is 37.6 Å². The predicted molar refractivity (Wildman–Crippen MR) is 128 cm³/mol. The largest absolute Gasteiger partial charge is 0.504 e. The minimum Gasteiger partial charge on any atom is -0.504 e. The molecule has 0 amide bonds. The Balaban J connectivity index is 1.72. The van der Waals surface area contributed by atoms with Crippen LogP contribution in [0.5, 0.6) is 5.75 Å². The van der Waals surface area contributed by atoms with Gasteiger partial charge < -0.3 is 10.4 Å². The first-order valence-corrected chi connectivity index (χ1v) is 10.4. The Bertz CT molecular complexity index is 1100. The van der Waals surface area contributed by atoms with Crippen LogP contribution in [0.25, 0.3) is 11.3 Å². The van der Waals surface area contributed by atoms with Gasteiger partial charge in [0, 0.05) is 23.9 Å². The van der Waals surface area contributed by atoms with Crippen molar-refractivity contribution in [1.82, 2.24) is 15.2 Å². The second-order valence-corrected chi connectivity index (χ2v) is 7.53. The SMILES string of the molecule is CCCc1ccc(-c2c(O)c(/C(C)=N/NC(=S)Nc3ccc(C=O)cc3)nn2C)cc1. The number of nitrogens with zero attached hydrogens (tertiary/aromatic N) is 3. The van der Waals surface area contributed by atoms with Gasteiger partial charge in [-0.05, 0) is 55.4 Å². The van der Waals surface area contributed by atoms with E-state index in [0.29, 0.717) is 22.7 Å². The Morgan fingerprint density at radius 2 is 1.87 bits per heavy atom. The highest BCUT2D eigenvalue weighted by Gasteiger charge is 2.19. The van der Waals surface area contributed by atoms with Crippen LogP contribution in [-0.4, -0.2) is 32.0 Å². The highest BCUT2D eigenvalue weighted by molar-refractivity contribution is 7.80. The number of rotatable bonds is 7. The average Bonchev–Trinajstić information content (AvgIpc) is 3.07. The number of nitrogens with one attached hydrogen (secondary N) is 2. The molecule has 160 valence electrons. The van der Waals surface area contributed by atoms with Crippen molar-refractivity contribution < 1.29 is 9.90 Å². The van der Waals surface area contributed by atoms with Gasteiger partial charge >= 0.3 is 0 Å². The molecule has 0 saturated heterocycles. The summed E-state index contributed by atoms with van der Waals surface area (Å²) < 4.78 is 1.64. The van der Waals surface area contributed by atoms with Crippen molar-refractivity contribution in [1.29, 1.82) is 0 Å². The van der Waals surface area contributed by atoms with Crippen molar-refractivity contribution in [3.05, 3.63) is 65.4 Å².